The molecule has 1 fully saturated rings. The minimum atomic E-state index is -3.43. The number of hydrogen-bond acceptors (Lipinski definition) is 5. The molecule has 1 aliphatic rings. The van der Waals surface area contributed by atoms with Gasteiger partial charge in [-0.1, -0.05) is 6.07 Å². The Morgan fingerprint density at radius 2 is 2.04 bits per heavy atom. The smallest absolute Gasteiger partial charge is 0.252 e. The summed E-state index contributed by atoms with van der Waals surface area (Å²) in [5.41, 5.74) is 1.06. The maximum Gasteiger partial charge on any atom is 0.252 e. The molecule has 0 radical (unpaired) electrons. The summed E-state index contributed by atoms with van der Waals surface area (Å²) in [6.07, 6.45) is 2.16. The Labute approximate surface area is 164 Å². The van der Waals surface area contributed by atoms with E-state index in [0.29, 0.717) is 43.4 Å². The van der Waals surface area contributed by atoms with Gasteiger partial charge in [-0.3, -0.25) is 9.48 Å². The molecule has 1 amide bonds. The van der Waals surface area contributed by atoms with Crippen molar-refractivity contribution in [1.82, 2.24) is 19.0 Å². The molecule has 1 aliphatic heterocycles. The Morgan fingerprint density at radius 3 is 2.60 bits per heavy atom. The number of halogens is 1. The van der Waals surface area contributed by atoms with Gasteiger partial charge in [0.25, 0.3) is 10.0 Å². The minimum absolute atomic E-state index is 0.0399. The fourth-order valence-electron chi connectivity index (χ4n) is 2.72. The van der Waals surface area contributed by atoms with E-state index in [1.54, 1.807) is 28.6 Å². The molecule has 25 heavy (non-hydrogen) atoms. The number of carbonyl (C=O) groups excluding carboxylic acids is 1. The van der Waals surface area contributed by atoms with Gasteiger partial charge in [0, 0.05) is 44.8 Å². The minimum Gasteiger partial charge on any atom is -0.340 e. The fourth-order valence-corrected chi connectivity index (χ4v) is 5.69. The number of thiophene rings is 1. The average Bonchev–Trinajstić information content (AvgIpc) is 3.25. The molecular formula is C15H19IN4O3S2. The summed E-state index contributed by atoms with van der Waals surface area (Å²) in [6, 6.07) is 3.35. The van der Waals surface area contributed by atoms with E-state index in [0.717, 1.165) is 9.26 Å². The molecule has 0 N–H and O–H groups in total. The predicted octanol–water partition coefficient (Wildman–Crippen LogP) is 1.78. The quantitative estimate of drug-likeness (QED) is 0.595. The van der Waals surface area contributed by atoms with Crippen LogP contribution in [-0.2, 0) is 21.4 Å². The number of aryl methyl sites for hydroxylation is 1. The number of hydrogen-bond donors (Lipinski definition) is 0. The van der Waals surface area contributed by atoms with E-state index in [-0.39, 0.29) is 5.91 Å². The van der Waals surface area contributed by atoms with Crippen molar-refractivity contribution in [2.24, 2.45) is 0 Å². The van der Waals surface area contributed by atoms with Crippen molar-refractivity contribution >= 4 is 49.9 Å². The first-order valence-electron chi connectivity index (χ1n) is 7.89. The largest absolute Gasteiger partial charge is 0.340 e. The molecule has 3 heterocycles. The van der Waals surface area contributed by atoms with Crippen LogP contribution in [-0.4, -0.2) is 59.5 Å². The second-order valence-electron chi connectivity index (χ2n) is 5.77. The van der Waals surface area contributed by atoms with Crippen LogP contribution in [0.4, 0.5) is 0 Å². The molecule has 7 nitrogen and oxygen atoms in total. The molecule has 0 spiro atoms. The van der Waals surface area contributed by atoms with Gasteiger partial charge in [-0.05, 0) is 41.0 Å². The Bertz CT molecular complexity index is 840. The fraction of sp³-hybridized carbons (Fsp3) is 0.467. The van der Waals surface area contributed by atoms with Gasteiger partial charge in [-0.15, -0.1) is 11.3 Å². The third-order valence-electron chi connectivity index (χ3n) is 4.26. The van der Waals surface area contributed by atoms with Crippen molar-refractivity contribution in [1.29, 1.82) is 0 Å². The van der Waals surface area contributed by atoms with Gasteiger partial charge in [0.05, 0.1) is 9.77 Å². The van der Waals surface area contributed by atoms with Crippen LogP contribution in [0.1, 0.15) is 12.1 Å². The lowest BCUT2D eigenvalue weighted by molar-refractivity contribution is -0.132. The number of aromatic nitrogens is 2. The lowest BCUT2D eigenvalue weighted by Gasteiger charge is -2.33. The van der Waals surface area contributed by atoms with Gasteiger partial charge >= 0.3 is 0 Å². The first kappa shape index (κ1) is 18.8. The zero-order valence-electron chi connectivity index (χ0n) is 13.8. The van der Waals surface area contributed by atoms with Crippen LogP contribution in [0.5, 0.6) is 0 Å². The van der Waals surface area contributed by atoms with Crippen molar-refractivity contribution in [3.63, 3.8) is 0 Å². The van der Waals surface area contributed by atoms with Crippen molar-refractivity contribution in [2.45, 2.75) is 24.1 Å². The highest BCUT2D eigenvalue weighted by atomic mass is 127. The normalized spacial score (nSPS) is 16.3. The summed E-state index contributed by atoms with van der Waals surface area (Å²) in [4.78, 5) is 14.1. The summed E-state index contributed by atoms with van der Waals surface area (Å²) >= 11 is 3.44. The van der Waals surface area contributed by atoms with Crippen LogP contribution >= 0.6 is 33.9 Å². The molecule has 136 valence electrons. The third kappa shape index (κ3) is 4.07. The van der Waals surface area contributed by atoms with E-state index in [1.807, 2.05) is 11.6 Å². The average molecular weight is 494 g/mol. The molecular weight excluding hydrogens is 475 g/mol. The summed E-state index contributed by atoms with van der Waals surface area (Å²) in [5.74, 6) is 0.0399. The van der Waals surface area contributed by atoms with E-state index in [1.165, 1.54) is 15.6 Å². The van der Waals surface area contributed by atoms with Crippen LogP contribution in [0.15, 0.2) is 27.9 Å². The van der Waals surface area contributed by atoms with Crippen molar-refractivity contribution in [3.05, 3.63) is 33.0 Å². The van der Waals surface area contributed by atoms with E-state index in [2.05, 4.69) is 27.7 Å². The summed E-state index contributed by atoms with van der Waals surface area (Å²) in [7, 11) is -3.43. The van der Waals surface area contributed by atoms with Gasteiger partial charge in [-0.2, -0.15) is 9.40 Å². The highest BCUT2D eigenvalue weighted by molar-refractivity contribution is 14.1. The monoisotopic (exact) mass is 494 g/mol. The topological polar surface area (TPSA) is 75.5 Å². The molecule has 0 saturated carbocycles. The number of carbonyl (C=O) groups is 1. The van der Waals surface area contributed by atoms with Crippen molar-refractivity contribution < 1.29 is 13.2 Å². The highest BCUT2D eigenvalue weighted by Crippen LogP contribution is 2.22. The molecule has 2 aromatic rings. The zero-order chi connectivity index (χ0) is 18.0. The molecule has 0 aliphatic carbocycles. The summed E-state index contributed by atoms with van der Waals surface area (Å²) in [5, 5.41) is 6.01. The molecule has 3 rings (SSSR count). The van der Waals surface area contributed by atoms with E-state index >= 15 is 0 Å². The van der Waals surface area contributed by atoms with Crippen LogP contribution in [0, 0.1) is 10.5 Å². The number of nitrogens with zero attached hydrogens (tertiary/aromatic N) is 4. The molecule has 10 heteroatoms. The maximum atomic E-state index is 12.5. The van der Waals surface area contributed by atoms with Crippen LogP contribution in [0.2, 0.25) is 0 Å². The molecule has 0 atom stereocenters. The summed E-state index contributed by atoms with van der Waals surface area (Å²) in [6.45, 7) is 4.06. The Balaban J connectivity index is 1.53. The molecule has 0 bridgehead atoms. The number of amides is 1. The number of rotatable bonds is 5. The van der Waals surface area contributed by atoms with Gasteiger partial charge in [0.1, 0.15) is 4.21 Å². The zero-order valence-corrected chi connectivity index (χ0v) is 17.6. The highest BCUT2D eigenvalue weighted by Gasteiger charge is 2.30. The first-order chi connectivity index (χ1) is 11.9. The van der Waals surface area contributed by atoms with E-state index in [9.17, 15) is 13.2 Å². The van der Waals surface area contributed by atoms with Gasteiger partial charge in [-0.25, -0.2) is 8.42 Å². The second-order valence-corrected chi connectivity index (χ2v) is 10.0. The van der Waals surface area contributed by atoms with E-state index in [4.69, 9.17) is 0 Å². The lowest BCUT2D eigenvalue weighted by Crippen LogP contribution is -2.50. The van der Waals surface area contributed by atoms with Crippen LogP contribution in [0.3, 0.4) is 0 Å². The van der Waals surface area contributed by atoms with Crippen LogP contribution in [0.25, 0.3) is 0 Å². The standard InChI is InChI=1S/C15H19IN4O3S2/c1-12-13(16)11-17-20(12)5-4-14(21)18-6-8-19(9-7-18)25(22,23)15-3-2-10-24-15/h2-3,10-11H,4-9H2,1H3. The SMILES string of the molecule is Cc1c(I)cnn1CCC(=O)N1CCN(S(=O)(=O)c2cccs2)CC1. The number of sulfonamides is 1. The Morgan fingerprint density at radius 1 is 1.32 bits per heavy atom. The Hall–Kier alpha value is -0.980. The maximum absolute atomic E-state index is 12.5. The van der Waals surface area contributed by atoms with Gasteiger partial charge in [0.15, 0.2) is 0 Å². The lowest BCUT2D eigenvalue weighted by atomic mass is 10.3. The molecule has 2 aromatic heterocycles. The van der Waals surface area contributed by atoms with E-state index < -0.39 is 10.0 Å². The number of piperazine rings is 1. The molecule has 1 saturated heterocycles. The predicted molar refractivity (Wildman–Crippen MR) is 104 cm³/mol. The van der Waals surface area contributed by atoms with Gasteiger partial charge in [0.2, 0.25) is 5.91 Å². The Kier molecular flexibility index (Phi) is 5.81. The van der Waals surface area contributed by atoms with Crippen LogP contribution < -0.4 is 0 Å². The molecule has 0 aromatic carbocycles. The third-order valence-corrected chi connectivity index (χ3v) is 8.59. The van der Waals surface area contributed by atoms with Crippen molar-refractivity contribution in [3.8, 4) is 0 Å². The van der Waals surface area contributed by atoms with Crippen molar-refractivity contribution in [2.75, 3.05) is 26.2 Å². The van der Waals surface area contributed by atoms with Gasteiger partial charge < -0.3 is 4.90 Å². The first-order valence-corrected chi connectivity index (χ1v) is 11.3. The summed E-state index contributed by atoms with van der Waals surface area (Å²) < 4.78 is 29.7. The molecule has 0 unspecified atom stereocenters. The second kappa shape index (κ2) is 7.72.